The van der Waals surface area contributed by atoms with E-state index in [1.807, 2.05) is 0 Å². The van der Waals surface area contributed by atoms with Crippen LogP contribution in [0.25, 0.3) is 6.08 Å². The van der Waals surface area contributed by atoms with E-state index in [-0.39, 0.29) is 54.1 Å². The molecular weight excluding hydrogens is 716 g/mol. The first kappa shape index (κ1) is 37.7. The number of esters is 2. The number of carboxylic acids is 1. The normalized spacial score (nSPS) is 13.9. The number of benzene rings is 3. The smallest absolute Gasteiger partial charge is 0.343 e. The van der Waals surface area contributed by atoms with E-state index in [9.17, 15) is 19.2 Å². The number of aromatic carboxylic acids is 1. The van der Waals surface area contributed by atoms with Crippen LogP contribution < -0.4 is 33.8 Å². The number of methoxy groups -OCH3 is 2. The molecule has 1 aliphatic rings. The third kappa shape index (κ3) is 8.13. The molecule has 0 spiro atoms. The number of carbonyl (C=O) groups is 3. The summed E-state index contributed by atoms with van der Waals surface area (Å²) in [5.74, 6) is -1.08. The third-order valence-corrected chi connectivity index (χ3v) is 9.07. The van der Waals surface area contributed by atoms with Gasteiger partial charge in [0.1, 0.15) is 6.61 Å². The number of allylic oxidation sites excluding steroid dienone is 1. The van der Waals surface area contributed by atoms with E-state index in [2.05, 4.69) is 9.73 Å². The van der Waals surface area contributed by atoms with Crippen molar-refractivity contribution in [2.45, 2.75) is 33.4 Å². The molecule has 1 N–H and O–H groups in total. The zero-order chi connectivity index (χ0) is 37.5. The van der Waals surface area contributed by atoms with Crippen molar-refractivity contribution in [3.8, 4) is 23.0 Å². The number of fused-ring (bicyclic) bond motifs is 1. The Labute approximate surface area is 306 Å². The largest absolute Gasteiger partial charge is 0.493 e. The Balaban J connectivity index is 1.56. The van der Waals surface area contributed by atoms with Crippen molar-refractivity contribution >= 4 is 46.9 Å². The van der Waals surface area contributed by atoms with Crippen LogP contribution >= 0.6 is 22.9 Å². The summed E-state index contributed by atoms with van der Waals surface area (Å²) in [7, 11) is 2.71. The third-order valence-electron chi connectivity index (χ3n) is 7.81. The number of nitrogens with zero attached hydrogens (tertiary/aromatic N) is 2. The fourth-order valence-electron chi connectivity index (χ4n) is 5.40. The summed E-state index contributed by atoms with van der Waals surface area (Å²) >= 11 is 7.78. The van der Waals surface area contributed by atoms with Gasteiger partial charge in [0.25, 0.3) is 5.56 Å². The molecule has 1 aromatic heterocycles. The van der Waals surface area contributed by atoms with E-state index in [0.717, 1.165) is 16.9 Å². The number of rotatable bonds is 14. The molecule has 4 aromatic rings. The van der Waals surface area contributed by atoms with E-state index in [1.165, 1.54) is 30.9 Å². The second-order valence-corrected chi connectivity index (χ2v) is 12.5. The SMILES string of the molecule is CCOC(=O)C1=C(C)N=c2s/c(=C\c3cc(Cl)c(OCc4ccc(C(=O)O)cc4)c(OC)c3)c(=O)n2[C@@H]1c1ccc(OCC(=O)OC)c(OCC)c1. The molecule has 0 amide bonds. The second-order valence-electron chi connectivity index (χ2n) is 11.1. The molecule has 1 atom stereocenters. The minimum atomic E-state index is -1.03. The first-order valence-electron chi connectivity index (χ1n) is 16.0. The van der Waals surface area contributed by atoms with Crippen molar-refractivity contribution < 1.29 is 47.9 Å². The number of halogens is 1. The van der Waals surface area contributed by atoms with Crippen molar-refractivity contribution in [2.24, 2.45) is 4.99 Å². The van der Waals surface area contributed by atoms with Crippen LogP contribution in [-0.2, 0) is 25.7 Å². The van der Waals surface area contributed by atoms with Gasteiger partial charge in [0.15, 0.2) is 34.4 Å². The Bertz CT molecular complexity index is 2230. The first-order valence-corrected chi connectivity index (χ1v) is 17.2. The van der Waals surface area contributed by atoms with Crippen molar-refractivity contribution in [1.82, 2.24) is 4.57 Å². The highest BCUT2D eigenvalue weighted by Gasteiger charge is 2.34. The molecule has 0 fully saturated rings. The fourth-order valence-corrected chi connectivity index (χ4v) is 6.72. The Kier molecular flexibility index (Phi) is 12.0. The lowest BCUT2D eigenvalue weighted by atomic mass is 9.95. The van der Waals surface area contributed by atoms with Gasteiger partial charge in [0.05, 0.1) is 59.9 Å². The predicted octanol–water partition coefficient (Wildman–Crippen LogP) is 4.69. The van der Waals surface area contributed by atoms with Gasteiger partial charge in [-0.1, -0.05) is 41.1 Å². The summed E-state index contributed by atoms with van der Waals surface area (Å²) in [5, 5.41) is 9.37. The molecule has 0 aliphatic carbocycles. The fraction of sp³-hybridized carbons (Fsp3) is 0.270. The minimum absolute atomic E-state index is 0.0967. The molecule has 3 aromatic carbocycles. The summed E-state index contributed by atoms with van der Waals surface area (Å²) in [5.41, 5.74) is 2.06. The van der Waals surface area contributed by atoms with Gasteiger partial charge in [0.2, 0.25) is 0 Å². The van der Waals surface area contributed by atoms with Crippen molar-refractivity contribution in [1.29, 1.82) is 0 Å². The van der Waals surface area contributed by atoms with Crippen LogP contribution in [0, 0.1) is 0 Å². The number of ether oxygens (including phenoxy) is 6. The summed E-state index contributed by atoms with van der Waals surface area (Å²) in [4.78, 5) is 55.5. The second kappa shape index (κ2) is 16.6. The lowest BCUT2D eigenvalue weighted by Crippen LogP contribution is -2.40. The monoisotopic (exact) mass is 750 g/mol. The summed E-state index contributed by atoms with van der Waals surface area (Å²) in [6, 6.07) is 13.5. The molecule has 15 heteroatoms. The van der Waals surface area contributed by atoms with Crippen LogP contribution in [0.2, 0.25) is 5.02 Å². The quantitative estimate of drug-likeness (QED) is 0.178. The van der Waals surface area contributed by atoms with Crippen molar-refractivity contribution in [2.75, 3.05) is 34.0 Å². The maximum atomic E-state index is 14.2. The summed E-state index contributed by atoms with van der Waals surface area (Å²) in [6.07, 6.45) is 1.64. The highest BCUT2D eigenvalue weighted by Crippen LogP contribution is 2.38. The van der Waals surface area contributed by atoms with Gasteiger partial charge in [-0.25, -0.2) is 19.4 Å². The Morgan fingerprint density at radius 2 is 1.71 bits per heavy atom. The number of carbonyl (C=O) groups excluding carboxylic acids is 2. The van der Waals surface area contributed by atoms with Gasteiger partial charge in [-0.3, -0.25) is 9.36 Å². The van der Waals surface area contributed by atoms with Crippen LogP contribution in [0.1, 0.15) is 53.9 Å². The van der Waals surface area contributed by atoms with Gasteiger partial charge < -0.3 is 33.5 Å². The molecule has 0 bridgehead atoms. The maximum absolute atomic E-state index is 14.2. The van der Waals surface area contributed by atoms with Gasteiger partial charge in [-0.2, -0.15) is 0 Å². The van der Waals surface area contributed by atoms with E-state index in [0.29, 0.717) is 37.7 Å². The van der Waals surface area contributed by atoms with Gasteiger partial charge in [-0.15, -0.1) is 0 Å². The van der Waals surface area contributed by atoms with Gasteiger partial charge >= 0.3 is 17.9 Å². The number of hydrogen-bond acceptors (Lipinski definition) is 12. The molecule has 0 radical (unpaired) electrons. The number of aromatic nitrogens is 1. The van der Waals surface area contributed by atoms with E-state index >= 15 is 0 Å². The molecule has 272 valence electrons. The molecule has 5 rings (SSSR count). The highest BCUT2D eigenvalue weighted by atomic mass is 35.5. The van der Waals surface area contributed by atoms with Crippen LogP contribution in [0.4, 0.5) is 0 Å². The maximum Gasteiger partial charge on any atom is 0.343 e. The molecule has 52 heavy (non-hydrogen) atoms. The number of thiazole rings is 1. The van der Waals surface area contributed by atoms with Crippen LogP contribution in [-0.4, -0.2) is 61.6 Å². The van der Waals surface area contributed by atoms with E-state index < -0.39 is 29.5 Å². The minimum Gasteiger partial charge on any atom is -0.493 e. The zero-order valence-electron chi connectivity index (χ0n) is 28.9. The van der Waals surface area contributed by atoms with Gasteiger partial charge in [-0.05, 0) is 79.9 Å². The Hall–Kier alpha value is -5.60. The van der Waals surface area contributed by atoms with E-state index in [1.54, 1.807) is 69.3 Å². The molecule has 0 saturated heterocycles. The number of carboxylic acid groups (broad SMARTS) is 1. The molecular formula is C37H35ClN2O11S. The topological polar surface area (TPSA) is 161 Å². The van der Waals surface area contributed by atoms with Crippen molar-refractivity contribution in [3.63, 3.8) is 0 Å². The van der Waals surface area contributed by atoms with Crippen LogP contribution in [0.3, 0.4) is 0 Å². The highest BCUT2D eigenvalue weighted by molar-refractivity contribution is 7.07. The average molecular weight is 751 g/mol. The van der Waals surface area contributed by atoms with E-state index in [4.69, 9.17) is 40.4 Å². The average Bonchev–Trinajstić information content (AvgIpc) is 3.43. The lowest BCUT2D eigenvalue weighted by Gasteiger charge is -2.25. The summed E-state index contributed by atoms with van der Waals surface area (Å²) < 4.78 is 34.8. The van der Waals surface area contributed by atoms with Crippen LogP contribution in [0.15, 0.2) is 75.7 Å². The molecule has 1 aliphatic heterocycles. The lowest BCUT2D eigenvalue weighted by molar-refractivity contribution is -0.143. The Morgan fingerprint density at radius 1 is 0.962 bits per heavy atom. The molecule has 2 heterocycles. The first-order chi connectivity index (χ1) is 25.0. The predicted molar refractivity (Wildman–Crippen MR) is 191 cm³/mol. The van der Waals surface area contributed by atoms with Crippen molar-refractivity contribution in [3.05, 3.63) is 113 Å². The summed E-state index contributed by atoms with van der Waals surface area (Å²) in [6.45, 7) is 5.29. The molecule has 0 unspecified atom stereocenters. The van der Waals surface area contributed by atoms with Crippen LogP contribution in [0.5, 0.6) is 23.0 Å². The standard InChI is InChI=1S/C37H35ClN2O11S/c1-6-48-27-17-24(12-13-26(27)50-19-30(41)47-5)32-31(36(45)49-7-2)20(3)39-37-40(32)34(42)29(52-37)16-22-14-25(38)33(28(15-22)46-4)51-18-21-8-10-23(11-9-21)35(43)44/h8-17,32H,6-7,18-19H2,1-5H3,(H,43,44)/b29-16-/t32-/m1/s1. The van der Waals surface area contributed by atoms with Gasteiger partial charge in [0, 0.05) is 0 Å². The Morgan fingerprint density at radius 3 is 2.37 bits per heavy atom. The number of hydrogen-bond donors (Lipinski definition) is 1. The zero-order valence-corrected chi connectivity index (χ0v) is 30.5. The molecule has 0 saturated carbocycles. The molecule has 13 nitrogen and oxygen atoms in total.